The Hall–Kier alpha value is -3.62. The van der Waals surface area contributed by atoms with Crippen LogP contribution in [0, 0.1) is 5.82 Å². The van der Waals surface area contributed by atoms with Crippen LogP contribution in [-0.2, 0) is 5.54 Å². The van der Waals surface area contributed by atoms with Crippen molar-refractivity contribution in [2.45, 2.75) is 24.6 Å². The zero-order valence-electron chi connectivity index (χ0n) is 17.0. The van der Waals surface area contributed by atoms with E-state index >= 15 is 0 Å². The van der Waals surface area contributed by atoms with Gasteiger partial charge in [0.15, 0.2) is 0 Å². The summed E-state index contributed by atoms with van der Waals surface area (Å²) in [6, 6.07) is 7.27. The number of alkyl halides is 1. The lowest BCUT2D eigenvalue weighted by Gasteiger charge is -2.49. The van der Waals surface area contributed by atoms with Crippen LogP contribution in [0.4, 0.5) is 14.7 Å². The molecule has 2 heterocycles. The Morgan fingerprint density at radius 3 is 2.55 bits per heavy atom. The number of hydrogen-bond acceptors (Lipinski definition) is 6. The molecule has 2 aromatic heterocycles. The van der Waals surface area contributed by atoms with Crippen LogP contribution in [0.3, 0.4) is 0 Å². The first-order chi connectivity index (χ1) is 14.9. The molecule has 0 unspecified atom stereocenters. The van der Waals surface area contributed by atoms with Gasteiger partial charge in [0.2, 0.25) is 5.95 Å². The van der Waals surface area contributed by atoms with Crippen molar-refractivity contribution < 1.29 is 18.7 Å². The minimum absolute atomic E-state index is 0.0244. The summed E-state index contributed by atoms with van der Waals surface area (Å²) in [6.45, 7) is 0. The second kappa shape index (κ2) is 7.90. The number of carbonyl (C=O) groups is 1. The smallest absolute Gasteiger partial charge is 0.251 e. The van der Waals surface area contributed by atoms with Gasteiger partial charge in [-0.3, -0.25) is 9.78 Å². The van der Waals surface area contributed by atoms with Crippen LogP contribution in [0.15, 0.2) is 48.9 Å². The molecule has 1 aliphatic carbocycles. The lowest BCUT2D eigenvalue weighted by atomic mass is 9.71. The molecule has 0 spiro atoms. The fourth-order valence-corrected chi connectivity index (χ4v) is 3.90. The van der Waals surface area contributed by atoms with Crippen molar-refractivity contribution in [2.24, 2.45) is 0 Å². The van der Waals surface area contributed by atoms with Gasteiger partial charge in [-0.1, -0.05) is 0 Å². The quantitative estimate of drug-likeness (QED) is 0.652. The Kier molecular flexibility index (Phi) is 5.26. The molecule has 1 amide bonds. The first-order valence-corrected chi connectivity index (χ1v) is 9.72. The Morgan fingerprint density at radius 2 is 1.94 bits per heavy atom. The van der Waals surface area contributed by atoms with E-state index < -0.39 is 17.5 Å². The number of nitrogens with zero attached hydrogens (tertiary/aromatic N) is 4. The summed E-state index contributed by atoms with van der Waals surface area (Å²) in [7, 11) is 3.20. The number of phenolic OH excluding ortho intramolecular Hbond substituents is 1. The van der Waals surface area contributed by atoms with Crippen molar-refractivity contribution in [1.29, 1.82) is 0 Å². The highest BCUT2D eigenvalue weighted by Gasteiger charge is 2.52. The van der Waals surface area contributed by atoms with E-state index in [1.807, 2.05) is 0 Å². The lowest BCUT2D eigenvalue weighted by molar-refractivity contribution is 0.0860. The molecule has 4 rings (SSSR count). The highest BCUT2D eigenvalue weighted by molar-refractivity contribution is 5.95. The van der Waals surface area contributed by atoms with E-state index in [2.05, 4.69) is 20.3 Å². The molecule has 0 atom stereocenters. The number of nitrogens with one attached hydrogen (secondary N) is 1. The van der Waals surface area contributed by atoms with Crippen LogP contribution < -0.4 is 10.2 Å². The van der Waals surface area contributed by atoms with Crippen molar-refractivity contribution in [3.63, 3.8) is 0 Å². The standard InChI is InChI=1S/C22H21F2N5O2/c1-25-20(31)13-5-6-18(30)16(8-13)14-11-27-21(28-12-14)29(2)22(9-15(23)10-22)19-17(24)4-3-7-26-19/h3-8,11-12,15,30H,9-10H2,1-2H3,(H,25,31). The molecule has 1 fully saturated rings. The largest absolute Gasteiger partial charge is 0.507 e. The number of benzene rings is 1. The third-order valence-corrected chi connectivity index (χ3v) is 5.69. The van der Waals surface area contributed by atoms with Gasteiger partial charge in [0.25, 0.3) is 5.91 Å². The Balaban J connectivity index is 1.67. The summed E-state index contributed by atoms with van der Waals surface area (Å²) in [5, 5.41) is 12.7. The van der Waals surface area contributed by atoms with Gasteiger partial charge in [-0.2, -0.15) is 0 Å². The van der Waals surface area contributed by atoms with Crippen molar-refractivity contribution in [3.05, 3.63) is 66.0 Å². The Labute approximate surface area is 177 Å². The van der Waals surface area contributed by atoms with E-state index in [0.717, 1.165) is 0 Å². The first kappa shape index (κ1) is 20.6. The minimum atomic E-state index is -1.06. The topological polar surface area (TPSA) is 91.2 Å². The number of anilines is 1. The Morgan fingerprint density at radius 1 is 1.23 bits per heavy atom. The number of halogens is 2. The van der Waals surface area contributed by atoms with Crippen LogP contribution >= 0.6 is 0 Å². The fourth-order valence-electron chi connectivity index (χ4n) is 3.90. The number of carbonyl (C=O) groups excluding carboxylic acids is 1. The predicted molar refractivity (Wildman–Crippen MR) is 111 cm³/mol. The third kappa shape index (κ3) is 3.56. The third-order valence-electron chi connectivity index (χ3n) is 5.69. The summed E-state index contributed by atoms with van der Waals surface area (Å²) in [5.74, 6) is -0.552. The molecule has 0 bridgehead atoms. The van der Waals surface area contributed by atoms with Crippen LogP contribution in [-0.4, -0.2) is 46.2 Å². The van der Waals surface area contributed by atoms with Crippen molar-refractivity contribution in [3.8, 4) is 16.9 Å². The number of rotatable bonds is 5. The lowest BCUT2D eigenvalue weighted by Crippen LogP contribution is -2.56. The van der Waals surface area contributed by atoms with E-state index in [1.54, 1.807) is 18.0 Å². The van der Waals surface area contributed by atoms with Gasteiger partial charge in [-0.15, -0.1) is 0 Å². The van der Waals surface area contributed by atoms with Gasteiger partial charge < -0.3 is 15.3 Å². The van der Waals surface area contributed by atoms with Gasteiger partial charge in [-0.05, 0) is 30.3 Å². The van der Waals surface area contributed by atoms with Gasteiger partial charge in [0, 0.05) is 62.2 Å². The molecule has 1 saturated carbocycles. The normalized spacial score (nSPS) is 20.1. The summed E-state index contributed by atoms with van der Waals surface area (Å²) in [6.07, 6.45) is 3.57. The molecule has 160 valence electrons. The highest BCUT2D eigenvalue weighted by atomic mass is 19.1. The van der Waals surface area contributed by atoms with Gasteiger partial charge in [-0.25, -0.2) is 18.7 Å². The summed E-state index contributed by atoms with van der Waals surface area (Å²) >= 11 is 0. The SMILES string of the molecule is CNC(=O)c1ccc(O)c(-c2cnc(N(C)C3(c4ncccc4F)CC(F)C3)nc2)c1. The molecule has 2 N–H and O–H groups in total. The molecule has 7 nitrogen and oxygen atoms in total. The number of aromatic hydroxyl groups is 1. The summed E-state index contributed by atoms with van der Waals surface area (Å²) < 4.78 is 28.3. The van der Waals surface area contributed by atoms with E-state index in [4.69, 9.17) is 0 Å². The second-order valence-corrected chi connectivity index (χ2v) is 7.51. The maximum Gasteiger partial charge on any atom is 0.251 e. The van der Waals surface area contributed by atoms with Crippen molar-refractivity contribution in [1.82, 2.24) is 20.3 Å². The average molecular weight is 425 g/mol. The van der Waals surface area contributed by atoms with E-state index in [9.17, 15) is 18.7 Å². The highest BCUT2D eigenvalue weighted by Crippen LogP contribution is 2.48. The maximum atomic E-state index is 14.5. The number of aromatic nitrogens is 3. The summed E-state index contributed by atoms with van der Waals surface area (Å²) in [5.41, 5.74) is 0.455. The van der Waals surface area contributed by atoms with Gasteiger partial charge >= 0.3 is 0 Å². The maximum absolute atomic E-state index is 14.5. The van der Waals surface area contributed by atoms with Crippen molar-refractivity contribution >= 4 is 11.9 Å². The first-order valence-electron chi connectivity index (χ1n) is 9.72. The molecular formula is C22H21F2N5O2. The molecule has 0 radical (unpaired) electrons. The van der Waals surface area contributed by atoms with Crippen LogP contribution in [0.25, 0.3) is 11.1 Å². The fraction of sp³-hybridized carbons (Fsp3) is 0.273. The van der Waals surface area contributed by atoms with E-state index in [0.29, 0.717) is 16.7 Å². The zero-order valence-corrected chi connectivity index (χ0v) is 17.0. The molecule has 31 heavy (non-hydrogen) atoms. The number of amides is 1. The molecule has 3 aromatic rings. The van der Waals surface area contributed by atoms with Gasteiger partial charge in [0.05, 0.1) is 5.54 Å². The number of phenols is 1. The average Bonchev–Trinajstić information content (AvgIpc) is 2.77. The second-order valence-electron chi connectivity index (χ2n) is 7.51. The van der Waals surface area contributed by atoms with Crippen LogP contribution in [0.2, 0.25) is 0 Å². The molecule has 1 aliphatic rings. The molecule has 0 aliphatic heterocycles. The predicted octanol–water partition coefficient (Wildman–Crippen LogP) is 3.21. The zero-order chi connectivity index (χ0) is 22.2. The molecule has 1 aromatic carbocycles. The van der Waals surface area contributed by atoms with Crippen molar-refractivity contribution in [2.75, 3.05) is 19.0 Å². The Bertz CT molecular complexity index is 1120. The number of hydrogen-bond donors (Lipinski definition) is 2. The summed E-state index contributed by atoms with van der Waals surface area (Å²) in [4.78, 5) is 26.4. The number of pyridine rings is 1. The van der Waals surface area contributed by atoms with Crippen LogP contribution in [0.1, 0.15) is 28.9 Å². The van der Waals surface area contributed by atoms with Crippen LogP contribution in [0.5, 0.6) is 5.75 Å². The molecule has 9 heteroatoms. The van der Waals surface area contributed by atoms with E-state index in [1.165, 1.54) is 49.9 Å². The molecule has 0 saturated heterocycles. The van der Waals surface area contributed by atoms with E-state index in [-0.39, 0.29) is 36.1 Å². The monoisotopic (exact) mass is 425 g/mol. The minimum Gasteiger partial charge on any atom is -0.507 e. The molecular weight excluding hydrogens is 404 g/mol. The van der Waals surface area contributed by atoms with Gasteiger partial charge in [0.1, 0.15) is 23.4 Å².